The summed E-state index contributed by atoms with van der Waals surface area (Å²) in [4.78, 5) is 0. The lowest BCUT2D eigenvalue weighted by atomic mass is 9.99. The largest absolute Gasteiger partial charge is 0.367 e. The summed E-state index contributed by atoms with van der Waals surface area (Å²) in [6, 6.07) is 1.96. The highest BCUT2D eigenvalue weighted by atomic mass is 19.2. The van der Waals surface area contributed by atoms with Gasteiger partial charge in [-0.25, -0.2) is 13.2 Å². The van der Waals surface area contributed by atoms with E-state index < -0.39 is 17.5 Å². The predicted molar refractivity (Wildman–Crippen MR) is 64.8 cm³/mol. The minimum atomic E-state index is -1.53. The molecule has 2 rings (SSSR count). The molecule has 3 nitrogen and oxygen atoms in total. The molecule has 0 fully saturated rings. The fraction of sp³-hybridized carbons (Fsp3) is 0.308. The Kier molecular flexibility index (Phi) is 3.50. The molecule has 0 atom stereocenters. The van der Waals surface area contributed by atoms with E-state index in [1.807, 2.05) is 13.8 Å². The first-order valence-corrected chi connectivity index (χ1v) is 5.79. The maximum atomic E-state index is 13.7. The molecule has 1 aromatic carbocycles. The maximum Gasteiger partial charge on any atom is 0.225 e. The van der Waals surface area contributed by atoms with Crippen molar-refractivity contribution in [2.24, 2.45) is 5.92 Å². The first-order valence-electron chi connectivity index (χ1n) is 5.79. The Labute approximate surface area is 108 Å². The summed E-state index contributed by atoms with van der Waals surface area (Å²) in [7, 11) is 0. The number of hydrogen-bond donors (Lipinski definition) is 1. The molecule has 0 radical (unpaired) electrons. The van der Waals surface area contributed by atoms with Crippen LogP contribution in [0, 0.1) is 23.4 Å². The molecule has 0 aliphatic carbocycles. The van der Waals surface area contributed by atoms with Gasteiger partial charge in [-0.05, 0) is 24.5 Å². The number of rotatable bonds is 3. The van der Waals surface area contributed by atoms with Gasteiger partial charge in [0.15, 0.2) is 17.5 Å². The smallest absolute Gasteiger partial charge is 0.225 e. The van der Waals surface area contributed by atoms with Crippen molar-refractivity contribution in [3.8, 4) is 11.3 Å². The zero-order valence-electron chi connectivity index (χ0n) is 10.5. The van der Waals surface area contributed by atoms with E-state index in [1.54, 1.807) is 0 Å². The van der Waals surface area contributed by atoms with Crippen molar-refractivity contribution in [1.82, 2.24) is 5.16 Å². The highest BCUT2D eigenvalue weighted by molar-refractivity contribution is 5.67. The summed E-state index contributed by atoms with van der Waals surface area (Å²) in [5.41, 5.74) is 6.08. The van der Waals surface area contributed by atoms with Gasteiger partial charge in [-0.3, -0.25) is 0 Å². The number of aromatic nitrogens is 1. The minimum absolute atomic E-state index is 0.0628. The molecule has 2 N–H and O–H groups in total. The molecule has 0 bridgehead atoms. The monoisotopic (exact) mass is 270 g/mol. The number of nitrogens with two attached hydrogens (primary N) is 1. The summed E-state index contributed by atoms with van der Waals surface area (Å²) in [5.74, 6) is -3.78. The Morgan fingerprint density at radius 1 is 1.21 bits per heavy atom. The van der Waals surface area contributed by atoms with Crippen LogP contribution >= 0.6 is 0 Å². The van der Waals surface area contributed by atoms with E-state index in [-0.39, 0.29) is 23.1 Å². The van der Waals surface area contributed by atoms with Crippen molar-refractivity contribution in [3.05, 3.63) is 35.1 Å². The van der Waals surface area contributed by atoms with E-state index in [1.165, 1.54) is 0 Å². The summed E-state index contributed by atoms with van der Waals surface area (Å²) in [6.45, 7) is 3.88. The Balaban J connectivity index is 2.57. The molecule has 0 amide bonds. The van der Waals surface area contributed by atoms with Gasteiger partial charge >= 0.3 is 0 Å². The van der Waals surface area contributed by atoms with Crippen LogP contribution in [0.3, 0.4) is 0 Å². The van der Waals surface area contributed by atoms with Gasteiger partial charge in [0.1, 0.15) is 5.69 Å². The molecule has 6 heteroatoms. The van der Waals surface area contributed by atoms with Gasteiger partial charge in [0, 0.05) is 11.1 Å². The van der Waals surface area contributed by atoms with E-state index in [0.717, 1.165) is 12.1 Å². The molecule has 0 saturated heterocycles. The third kappa shape index (κ3) is 2.43. The molecular weight excluding hydrogens is 257 g/mol. The lowest BCUT2D eigenvalue weighted by molar-refractivity contribution is 0.433. The van der Waals surface area contributed by atoms with Gasteiger partial charge < -0.3 is 10.3 Å². The summed E-state index contributed by atoms with van der Waals surface area (Å²) in [6.07, 6.45) is 0.503. The molecule has 0 aliphatic rings. The molecule has 0 spiro atoms. The fourth-order valence-corrected chi connectivity index (χ4v) is 1.85. The molecule has 19 heavy (non-hydrogen) atoms. The lowest BCUT2D eigenvalue weighted by Crippen LogP contribution is -2.01. The second-order valence-electron chi connectivity index (χ2n) is 4.69. The maximum absolute atomic E-state index is 13.7. The Bertz CT molecular complexity index is 608. The van der Waals surface area contributed by atoms with Crippen molar-refractivity contribution >= 4 is 5.88 Å². The Morgan fingerprint density at radius 2 is 1.89 bits per heavy atom. The van der Waals surface area contributed by atoms with Gasteiger partial charge in [-0.2, -0.15) is 0 Å². The predicted octanol–water partition coefficient (Wildman–Crippen LogP) is 3.54. The molecule has 0 saturated carbocycles. The standard InChI is InChI=1S/C13H13F3N2O/c1-6(2)5-8-12(18-19-13(8)17)7-3-4-9(14)11(16)10(7)15/h3-4,6H,5,17H2,1-2H3. The van der Waals surface area contributed by atoms with E-state index in [9.17, 15) is 13.2 Å². The number of hydrogen-bond acceptors (Lipinski definition) is 3. The lowest BCUT2D eigenvalue weighted by Gasteiger charge is -2.06. The Morgan fingerprint density at radius 3 is 2.53 bits per heavy atom. The van der Waals surface area contributed by atoms with Crippen molar-refractivity contribution in [1.29, 1.82) is 0 Å². The van der Waals surface area contributed by atoms with Crippen LogP contribution in [0.4, 0.5) is 19.1 Å². The van der Waals surface area contributed by atoms with Gasteiger partial charge in [0.2, 0.25) is 5.88 Å². The number of nitrogens with zero attached hydrogens (tertiary/aromatic N) is 1. The van der Waals surface area contributed by atoms with Crippen LogP contribution in [0.15, 0.2) is 16.7 Å². The van der Waals surface area contributed by atoms with Gasteiger partial charge in [0.05, 0.1) is 0 Å². The minimum Gasteiger partial charge on any atom is -0.367 e. The van der Waals surface area contributed by atoms with Crippen molar-refractivity contribution < 1.29 is 17.7 Å². The number of halogens is 3. The van der Waals surface area contributed by atoms with Gasteiger partial charge in [-0.15, -0.1) is 0 Å². The summed E-state index contributed by atoms with van der Waals surface area (Å²) < 4.78 is 44.7. The Hall–Kier alpha value is -1.98. The van der Waals surface area contributed by atoms with Gasteiger partial charge in [-0.1, -0.05) is 19.0 Å². The van der Waals surface area contributed by atoms with Crippen LogP contribution in [0.5, 0.6) is 0 Å². The first-order chi connectivity index (χ1) is 8.91. The van der Waals surface area contributed by atoms with E-state index in [0.29, 0.717) is 12.0 Å². The average Bonchev–Trinajstić information content (AvgIpc) is 2.68. The van der Waals surface area contributed by atoms with E-state index in [2.05, 4.69) is 5.16 Å². The van der Waals surface area contributed by atoms with E-state index >= 15 is 0 Å². The van der Waals surface area contributed by atoms with Crippen molar-refractivity contribution in [2.75, 3.05) is 5.73 Å². The third-order valence-electron chi connectivity index (χ3n) is 2.72. The van der Waals surface area contributed by atoms with Crippen LogP contribution < -0.4 is 5.73 Å². The zero-order valence-corrected chi connectivity index (χ0v) is 10.5. The molecule has 102 valence electrons. The average molecular weight is 270 g/mol. The molecular formula is C13H13F3N2O. The number of anilines is 1. The van der Waals surface area contributed by atoms with Crippen LogP contribution in [-0.4, -0.2) is 5.16 Å². The molecule has 0 aliphatic heterocycles. The SMILES string of the molecule is CC(C)Cc1c(-c2ccc(F)c(F)c2F)noc1N. The summed E-state index contributed by atoms with van der Waals surface area (Å²) in [5, 5.41) is 3.64. The fourth-order valence-electron chi connectivity index (χ4n) is 1.85. The second kappa shape index (κ2) is 4.95. The zero-order chi connectivity index (χ0) is 14.2. The van der Waals surface area contributed by atoms with Crippen LogP contribution in [0.2, 0.25) is 0 Å². The van der Waals surface area contributed by atoms with Crippen LogP contribution in [-0.2, 0) is 6.42 Å². The van der Waals surface area contributed by atoms with Crippen molar-refractivity contribution in [3.63, 3.8) is 0 Å². The third-order valence-corrected chi connectivity index (χ3v) is 2.72. The topological polar surface area (TPSA) is 52.0 Å². The molecule has 2 aromatic rings. The number of nitrogen functional groups attached to an aromatic ring is 1. The quantitative estimate of drug-likeness (QED) is 0.868. The number of benzene rings is 1. The van der Waals surface area contributed by atoms with Crippen LogP contribution in [0.1, 0.15) is 19.4 Å². The normalized spacial score (nSPS) is 11.3. The second-order valence-corrected chi connectivity index (χ2v) is 4.69. The highest BCUT2D eigenvalue weighted by Gasteiger charge is 2.22. The summed E-state index contributed by atoms with van der Waals surface area (Å²) >= 11 is 0. The molecule has 1 aromatic heterocycles. The van der Waals surface area contributed by atoms with Crippen molar-refractivity contribution in [2.45, 2.75) is 20.3 Å². The van der Waals surface area contributed by atoms with Gasteiger partial charge in [0.25, 0.3) is 0 Å². The van der Waals surface area contributed by atoms with E-state index in [4.69, 9.17) is 10.3 Å². The highest BCUT2D eigenvalue weighted by Crippen LogP contribution is 2.32. The molecule has 1 heterocycles. The molecule has 0 unspecified atom stereocenters. The first kappa shape index (κ1) is 13.5. The van der Waals surface area contributed by atoms with Crippen LogP contribution in [0.25, 0.3) is 11.3 Å².